The van der Waals surface area contributed by atoms with Gasteiger partial charge >= 0.3 is 23.8 Å². The van der Waals surface area contributed by atoms with E-state index in [-0.39, 0.29) is 0 Å². The van der Waals surface area contributed by atoms with Crippen LogP contribution < -0.4 is 0 Å². The minimum absolute atomic E-state index is 4.33. The van der Waals surface area contributed by atoms with Crippen LogP contribution in [0.3, 0.4) is 0 Å². The van der Waals surface area contributed by atoms with E-state index in [2.05, 4.69) is 33.2 Å². The summed E-state index contributed by atoms with van der Waals surface area (Å²) in [6.07, 6.45) is -18.6. The fraction of sp³-hybridized carbons (Fsp3) is 1.00. The first-order valence-corrected chi connectivity index (χ1v) is 10.5. The molecule has 0 spiro atoms. The van der Waals surface area contributed by atoms with Crippen molar-refractivity contribution in [2.45, 2.75) is 48.5 Å². The van der Waals surface area contributed by atoms with Gasteiger partial charge in [0.2, 0.25) is 12.0 Å². The molecule has 0 aromatic heterocycles. The van der Waals surface area contributed by atoms with Gasteiger partial charge in [-0.1, -0.05) is 0 Å². The largest absolute Gasteiger partial charge is 0.381 e. The van der Waals surface area contributed by atoms with Crippen molar-refractivity contribution in [2.24, 2.45) is 0 Å². The zero-order valence-electron chi connectivity index (χ0n) is 10.6. The zero-order chi connectivity index (χ0) is 19.9. The van der Waals surface area contributed by atoms with E-state index in [0.29, 0.717) is 0 Å². The molecule has 16 heteroatoms. The van der Waals surface area contributed by atoms with Crippen molar-refractivity contribution >= 4 is 39.2 Å². The van der Waals surface area contributed by atoms with Crippen molar-refractivity contribution in [1.29, 1.82) is 0 Å². The molecular weight excluding hydrogens is 459 g/mol. The fourth-order valence-corrected chi connectivity index (χ4v) is 3.09. The van der Waals surface area contributed by atoms with E-state index in [0.717, 1.165) is 0 Å². The second kappa shape index (κ2) is 7.47. The molecule has 0 aromatic carbocycles. The first-order valence-electron chi connectivity index (χ1n) is 5.38. The topological polar surface area (TPSA) is 0 Å². The molecule has 0 aromatic rings. The van der Waals surface area contributed by atoms with Crippen LogP contribution in [0.1, 0.15) is 0 Å². The molecule has 0 nitrogen and oxygen atoms in total. The number of rotatable bonds is 8. The van der Waals surface area contributed by atoms with Gasteiger partial charge in [-0.2, -0.15) is 26.3 Å². The van der Waals surface area contributed by atoms with Crippen LogP contribution in [0.4, 0.5) is 52.7 Å². The lowest BCUT2D eigenvalue weighted by Gasteiger charge is -2.37. The predicted octanol–water partition coefficient (Wildman–Crippen LogP) is 5.70. The summed E-state index contributed by atoms with van der Waals surface area (Å²) in [4.78, 5) is 0. The lowest BCUT2D eigenvalue weighted by atomic mass is 9.96. The highest BCUT2D eigenvalue weighted by atomic mass is 35.8. The van der Waals surface area contributed by atoms with Gasteiger partial charge in [0.05, 0.1) is 0 Å². The molecule has 0 aliphatic rings. The Balaban J connectivity index is 5.81. The Morgan fingerprint density at radius 1 is 0.625 bits per heavy atom. The van der Waals surface area contributed by atoms with Crippen LogP contribution in [0.5, 0.6) is 0 Å². The lowest BCUT2D eigenvalue weighted by molar-refractivity contribution is -0.338. The normalized spacial score (nSPS) is 20.0. The van der Waals surface area contributed by atoms with Gasteiger partial charge in [-0.3, -0.25) is 0 Å². The number of hydrogen-bond acceptors (Lipinski definition) is 0. The van der Waals surface area contributed by atoms with Crippen molar-refractivity contribution in [3.05, 3.63) is 0 Å². The van der Waals surface area contributed by atoms with Crippen molar-refractivity contribution in [3.8, 4) is 0 Å². The summed E-state index contributed by atoms with van der Waals surface area (Å²) in [5.74, 6) is -24.9. The summed E-state index contributed by atoms with van der Waals surface area (Å²) in [5, 5.41) is 0. The monoisotopic (exact) mass is 462 g/mol. The third-order valence-corrected chi connectivity index (χ3v) is 5.28. The fourth-order valence-electron chi connectivity index (χ4n) is 1.26. The molecule has 0 saturated heterocycles. The molecule has 0 radical (unpaired) electrons. The standard InChI is InChI=1S/C8H5Cl3F12Si/c9-24(10,11)5(17)7(20,21)8(22,23)6(18,19)3(14)1(12)2(13)4(15)16/h1-5H. The minimum atomic E-state index is -7.04. The van der Waals surface area contributed by atoms with Gasteiger partial charge in [-0.25, -0.2) is 26.3 Å². The van der Waals surface area contributed by atoms with E-state index < -0.39 is 54.5 Å². The van der Waals surface area contributed by atoms with E-state index in [1.165, 1.54) is 0 Å². The van der Waals surface area contributed by atoms with E-state index in [1.807, 2.05) is 0 Å². The van der Waals surface area contributed by atoms with Crippen LogP contribution in [-0.4, -0.2) is 54.5 Å². The molecule has 24 heavy (non-hydrogen) atoms. The maximum Gasteiger partial charge on any atom is 0.381 e. The molecular formula is C8H5Cl3F12Si. The third-order valence-electron chi connectivity index (χ3n) is 2.61. The van der Waals surface area contributed by atoms with Crippen molar-refractivity contribution in [1.82, 2.24) is 0 Å². The molecule has 0 rings (SSSR count). The Kier molecular flexibility index (Phi) is 7.55. The van der Waals surface area contributed by atoms with Gasteiger partial charge in [0.25, 0.3) is 6.43 Å². The van der Waals surface area contributed by atoms with Gasteiger partial charge in [-0.15, -0.1) is 33.2 Å². The Morgan fingerprint density at radius 3 is 1.29 bits per heavy atom. The van der Waals surface area contributed by atoms with E-state index in [1.54, 1.807) is 0 Å². The Labute approximate surface area is 141 Å². The second-order valence-corrected chi connectivity index (χ2v) is 13.0. The molecule has 0 fully saturated rings. The lowest BCUT2D eigenvalue weighted by Crippen LogP contribution is -2.66. The summed E-state index contributed by atoms with van der Waals surface area (Å²) >= 11 is 14.0. The average Bonchev–Trinajstić information content (AvgIpc) is 2.42. The summed E-state index contributed by atoms with van der Waals surface area (Å²) < 4.78 is 154. The highest BCUT2D eigenvalue weighted by Gasteiger charge is 2.80. The average molecular weight is 464 g/mol. The van der Waals surface area contributed by atoms with Crippen LogP contribution in [0.15, 0.2) is 0 Å². The number of alkyl halides is 12. The summed E-state index contributed by atoms with van der Waals surface area (Å²) in [5.41, 5.74) is 0. The Bertz CT molecular complexity index is 427. The molecule has 4 atom stereocenters. The van der Waals surface area contributed by atoms with Crippen LogP contribution in [-0.2, 0) is 0 Å². The maximum absolute atomic E-state index is 13.2. The summed E-state index contributed by atoms with van der Waals surface area (Å²) in [6, 6.07) is -5.41. The van der Waals surface area contributed by atoms with Crippen LogP contribution >= 0.6 is 33.2 Å². The Hall–Kier alpha value is 0.247. The minimum Gasteiger partial charge on any atom is -0.241 e. The molecule has 4 unspecified atom stereocenters. The SMILES string of the molecule is FC(F)C(F)C(F)C(F)C(F)(F)C(F)(F)C(F)(F)C(F)[Si](Cl)(Cl)Cl. The molecule has 0 aliphatic carbocycles. The third kappa shape index (κ3) is 4.31. The van der Waals surface area contributed by atoms with Crippen molar-refractivity contribution < 1.29 is 52.7 Å². The van der Waals surface area contributed by atoms with Gasteiger partial charge in [0, 0.05) is 0 Å². The maximum atomic E-state index is 13.2. The summed E-state index contributed by atoms with van der Waals surface area (Å²) in [7, 11) is 0. The quantitative estimate of drug-likeness (QED) is 0.246. The van der Waals surface area contributed by atoms with Crippen LogP contribution in [0.25, 0.3) is 0 Å². The van der Waals surface area contributed by atoms with Gasteiger partial charge < -0.3 is 0 Å². The van der Waals surface area contributed by atoms with Crippen molar-refractivity contribution in [2.75, 3.05) is 0 Å². The molecule has 0 heterocycles. The van der Waals surface area contributed by atoms with Crippen molar-refractivity contribution in [3.63, 3.8) is 0 Å². The van der Waals surface area contributed by atoms with Crippen LogP contribution in [0.2, 0.25) is 0 Å². The molecule has 0 aliphatic heterocycles. The first kappa shape index (κ1) is 24.2. The van der Waals surface area contributed by atoms with Gasteiger partial charge in [0.15, 0.2) is 12.3 Å². The molecule has 0 amide bonds. The highest BCUT2D eigenvalue weighted by molar-refractivity contribution is 7.65. The highest BCUT2D eigenvalue weighted by Crippen LogP contribution is 2.53. The zero-order valence-corrected chi connectivity index (χ0v) is 13.8. The van der Waals surface area contributed by atoms with E-state index in [4.69, 9.17) is 0 Å². The Morgan fingerprint density at radius 2 is 1.00 bits per heavy atom. The van der Waals surface area contributed by atoms with Crippen LogP contribution in [0, 0.1) is 0 Å². The molecule has 0 N–H and O–H groups in total. The predicted molar refractivity (Wildman–Crippen MR) is 63.7 cm³/mol. The first-order chi connectivity index (χ1) is 10.3. The molecule has 0 bridgehead atoms. The smallest absolute Gasteiger partial charge is 0.241 e. The molecule has 146 valence electrons. The number of hydrogen-bond donors (Lipinski definition) is 0. The molecule has 0 saturated carbocycles. The number of halogens is 15. The van der Waals surface area contributed by atoms with E-state index in [9.17, 15) is 52.7 Å². The van der Waals surface area contributed by atoms with Gasteiger partial charge in [0.1, 0.15) is 0 Å². The summed E-state index contributed by atoms with van der Waals surface area (Å²) in [6.45, 7) is 0. The van der Waals surface area contributed by atoms with E-state index >= 15 is 0 Å². The second-order valence-electron chi connectivity index (χ2n) is 4.35. The van der Waals surface area contributed by atoms with Gasteiger partial charge in [-0.05, 0) is 0 Å².